The SMILES string of the molecule is OC[C@@H]1C[C@@H]1c1cn(C(c2ccccc2)(c2ccccc2)c2ccccc2)cn1. The van der Waals surface area contributed by atoms with Gasteiger partial charge in [-0.25, -0.2) is 4.98 Å². The largest absolute Gasteiger partial charge is 0.396 e. The number of aliphatic hydroxyl groups excluding tert-OH is 1. The first-order chi connectivity index (χ1) is 14.3. The number of aliphatic hydroxyl groups is 1. The number of nitrogens with zero attached hydrogens (tertiary/aromatic N) is 2. The normalized spacial score (nSPS) is 18.5. The van der Waals surface area contributed by atoms with Crippen LogP contribution < -0.4 is 0 Å². The van der Waals surface area contributed by atoms with Crippen molar-refractivity contribution in [2.75, 3.05) is 6.61 Å². The third-order valence-corrected chi connectivity index (χ3v) is 6.10. The zero-order valence-corrected chi connectivity index (χ0v) is 16.2. The molecule has 0 aliphatic heterocycles. The predicted octanol–water partition coefficient (Wildman–Crippen LogP) is 4.82. The van der Waals surface area contributed by atoms with Crippen LogP contribution in [0.15, 0.2) is 104 Å². The molecule has 3 aromatic carbocycles. The summed E-state index contributed by atoms with van der Waals surface area (Å²) in [7, 11) is 0. The molecule has 0 saturated heterocycles. The van der Waals surface area contributed by atoms with Crippen LogP contribution in [0.3, 0.4) is 0 Å². The molecular weight excluding hydrogens is 356 g/mol. The number of imidazole rings is 1. The van der Waals surface area contributed by atoms with E-state index in [0.29, 0.717) is 11.8 Å². The van der Waals surface area contributed by atoms with Gasteiger partial charge in [0, 0.05) is 18.7 Å². The van der Waals surface area contributed by atoms with Gasteiger partial charge in [-0.3, -0.25) is 0 Å². The van der Waals surface area contributed by atoms with E-state index in [1.807, 2.05) is 6.33 Å². The second-order valence-electron chi connectivity index (χ2n) is 7.80. The molecule has 1 saturated carbocycles. The maximum Gasteiger partial charge on any atom is 0.121 e. The summed E-state index contributed by atoms with van der Waals surface area (Å²) in [4.78, 5) is 4.77. The van der Waals surface area contributed by atoms with Crippen LogP contribution in [0.2, 0.25) is 0 Å². The molecule has 1 fully saturated rings. The van der Waals surface area contributed by atoms with Gasteiger partial charge in [0.2, 0.25) is 0 Å². The summed E-state index contributed by atoms with van der Waals surface area (Å²) < 4.78 is 2.25. The van der Waals surface area contributed by atoms with Crippen molar-refractivity contribution in [3.63, 3.8) is 0 Å². The Labute approximate surface area is 171 Å². The smallest absolute Gasteiger partial charge is 0.121 e. The fourth-order valence-electron chi connectivity index (χ4n) is 4.51. The molecular formula is C26H24N2O. The highest BCUT2D eigenvalue weighted by molar-refractivity contribution is 5.50. The Bertz CT molecular complexity index is 977. The van der Waals surface area contributed by atoms with Crippen molar-refractivity contribution in [1.82, 2.24) is 9.55 Å². The van der Waals surface area contributed by atoms with Crippen molar-refractivity contribution >= 4 is 0 Å². The van der Waals surface area contributed by atoms with Crippen LogP contribution in [0.4, 0.5) is 0 Å². The van der Waals surface area contributed by atoms with Crippen LogP contribution in [0, 0.1) is 5.92 Å². The Morgan fingerprint density at radius 3 is 1.69 bits per heavy atom. The molecule has 29 heavy (non-hydrogen) atoms. The van der Waals surface area contributed by atoms with Gasteiger partial charge >= 0.3 is 0 Å². The monoisotopic (exact) mass is 380 g/mol. The maximum absolute atomic E-state index is 9.50. The quantitative estimate of drug-likeness (QED) is 0.487. The summed E-state index contributed by atoms with van der Waals surface area (Å²) in [5.74, 6) is 0.708. The van der Waals surface area contributed by atoms with E-state index in [-0.39, 0.29) is 6.61 Å². The lowest BCUT2D eigenvalue weighted by Gasteiger charge is -2.37. The van der Waals surface area contributed by atoms with Crippen molar-refractivity contribution in [2.45, 2.75) is 17.9 Å². The van der Waals surface area contributed by atoms with Gasteiger partial charge in [0.15, 0.2) is 0 Å². The summed E-state index contributed by atoms with van der Waals surface area (Å²) in [6.07, 6.45) is 5.14. The molecule has 1 heterocycles. The third kappa shape index (κ3) is 2.99. The Morgan fingerprint density at radius 2 is 1.28 bits per heavy atom. The lowest BCUT2D eigenvalue weighted by Crippen LogP contribution is -2.36. The minimum Gasteiger partial charge on any atom is -0.396 e. The minimum atomic E-state index is -0.515. The highest BCUT2D eigenvalue weighted by Gasteiger charge is 2.42. The molecule has 0 amide bonds. The van der Waals surface area contributed by atoms with E-state index >= 15 is 0 Å². The molecule has 1 aliphatic carbocycles. The molecule has 1 N–H and O–H groups in total. The Balaban J connectivity index is 1.77. The first-order valence-corrected chi connectivity index (χ1v) is 10.2. The topological polar surface area (TPSA) is 38.0 Å². The van der Waals surface area contributed by atoms with Gasteiger partial charge in [0.05, 0.1) is 12.0 Å². The zero-order valence-electron chi connectivity index (χ0n) is 16.2. The van der Waals surface area contributed by atoms with Crippen molar-refractivity contribution in [3.8, 4) is 0 Å². The number of rotatable bonds is 6. The van der Waals surface area contributed by atoms with Gasteiger partial charge in [0.1, 0.15) is 5.54 Å². The standard InChI is InChI=1S/C26H24N2O/c29-18-20-16-24(20)25-17-28(19-27-25)26(21-10-4-1-5-11-21,22-12-6-2-7-13-22)23-14-8-3-9-15-23/h1-15,17,19-20,24,29H,16,18H2/t20-,24-/m0/s1. The molecule has 0 radical (unpaired) electrons. The number of hydrogen-bond acceptors (Lipinski definition) is 2. The van der Waals surface area contributed by atoms with Gasteiger partial charge in [-0.15, -0.1) is 0 Å². The van der Waals surface area contributed by atoms with Gasteiger partial charge in [0.25, 0.3) is 0 Å². The highest BCUT2D eigenvalue weighted by atomic mass is 16.3. The zero-order chi connectivity index (χ0) is 19.7. The Hall–Kier alpha value is -3.17. The average Bonchev–Trinajstić information content (AvgIpc) is 3.44. The van der Waals surface area contributed by atoms with Crippen LogP contribution >= 0.6 is 0 Å². The second-order valence-corrected chi connectivity index (χ2v) is 7.80. The van der Waals surface area contributed by atoms with Gasteiger partial charge in [-0.1, -0.05) is 91.0 Å². The summed E-state index contributed by atoms with van der Waals surface area (Å²) in [6, 6.07) is 31.9. The Morgan fingerprint density at radius 1 is 0.793 bits per heavy atom. The van der Waals surface area contributed by atoms with E-state index in [1.165, 1.54) is 16.7 Å². The average molecular weight is 380 g/mol. The van der Waals surface area contributed by atoms with Crippen LogP contribution in [0.25, 0.3) is 0 Å². The lowest BCUT2D eigenvalue weighted by molar-refractivity contribution is 0.273. The van der Waals surface area contributed by atoms with Crippen LogP contribution in [-0.2, 0) is 5.54 Å². The molecule has 5 rings (SSSR count). The van der Waals surface area contributed by atoms with Crippen LogP contribution in [0.5, 0.6) is 0 Å². The second kappa shape index (κ2) is 7.34. The molecule has 2 atom stereocenters. The molecule has 0 spiro atoms. The summed E-state index contributed by atoms with van der Waals surface area (Å²) in [5.41, 5.74) is 4.12. The van der Waals surface area contributed by atoms with Gasteiger partial charge in [-0.05, 0) is 29.0 Å². The van der Waals surface area contributed by atoms with E-state index in [4.69, 9.17) is 4.98 Å². The van der Waals surface area contributed by atoms with Crippen molar-refractivity contribution < 1.29 is 5.11 Å². The summed E-state index contributed by atoms with van der Waals surface area (Å²) in [5, 5.41) is 9.50. The minimum absolute atomic E-state index is 0.235. The van der Waals surface area contributed by atoms with Crippen molar-refractivity contribution in [1.29, 1.82) is 0 Å². The third-order valence-electron chi connectivity index (χ3n) is 6.10. The van der Waals surface area contributed by atoms with Crippen molar-refractivity contribution in [3.05, 3.63) is 126 Å². The molecule has 3 nitrogen and oxygen atoms in total. The highest BCUT2D eigenvalue weighted by Crippen LogP contribution is 2.47. The molecule has 4 aromatic rings. The lowest BCUT2D eigenvalue weighted by atomic mass is 9.77. The van der Waals surface area contributed by atoms with E-state index in [9.17, 15) is 5.11 Å². The van der Waals surface area contributed by atoms with E-state index in [2.05, 4.69) is 102 Å². The molecule has 1 aliphatic rings. The Kier molecular flexibility index (Phi) is 4.53. The fraction of sp³-hybridized carbons (Fsp3) is 0.192. The molecule has 144 valence electrons. The number of aromatic nitrogens is 2. The first-order valence-electron chi connectivity index (χ1n) is 10.2. The predicted molar refractivity (Wildman–Crippen MR) is 115 cm³/mol. The molecule has 1 aromatic heterocycles. The maximum atomic E-state index is 9.50. The molecule has 3 heteroatoms. The molecule has 0 bridgehead atoms. The fourth-order valence-corrected chi connectivity index (χ4v) is 4.51. The summed E-state index contributed by atoms with van der Waals surface area (Å²) >= 11 is 0. The number of hydrogen-bond donors (Lipinski definition) is 1. The first kappa shape index (κ1) is 17.9. The molecule has 0 unspecified atom stereocenters. The number of benzene rings is 3. The summed E-state index contributed by atoms with van der Waals surface area (Å²) in [6.45, 7) is 0.235. The van der Waals surface area contributed by atoms with E-state index < -0.39 is 5.54 Å². The van der Waals surface area contributed by atoms with E-state index in [0.717, 1.165) is 12.1 Å². The van der Waals surface area contributed by atoms with Gasteiger partial charge < -0.3 is 9.67 Å². The van der Waals surface area contributed by atoms with Gasteiger partial charge in [-0.2, -0.15) is 0 Å². The van der Waals surface area contributed by atoms with Crippen molar-refractivity contribution in [2.24, 2.45) is 5.92 Å². The van der Waals surface area contributed by atoms with Crippen LogP contribution in [-0.4, -0.2) is 21.3 Å². The van der Waals surface area contributed by atoms with E-state index in [1.54, 1.807) is 0 Å². The van der Waals surface area contributed by atoms with Crippen LogP contribution in [0.1, 0.15) is 34.7 Å².